The van der Waals surface area contributed by atoms with Crippen LogP contribution in [0.3, 0.4) is 0 Å². The monoisotopic (exact) mass is 348 g/mol. The van der Waals surface area contributed by atoms with Gasteiger partial charge in [-0.1, -0.05) is 30.3 Å². The molecule has 0 atom stereocenters. The lowest BCUT2D eigenvalue weighted by atomic mass is 10.1. The second-order valence-electron chi connectivity index (χ2n) is 5.84. The van der Waals surface area contributed by atoms with Gasteiger partial charge < -0.3 is 15.2 Å². The van der Waals surface area contributed by atoms with E-state index in [-0.39, 0.29) is 18.9 Å². The van der Waals surface area contributed by atoms with Gasteiger partial charge in [0.15, 0.2) is 0 Å². The van der Waals surface area contributed by atoms with Crippen LogP contribution in [0.25, 0.3) is 0 Å². The molecule has 0 unspecified atom stereocenters. The van der Waals surface area contributed by atoms with Crippen molar-refractivity contribution in [3.8, 4) is 5.75 Å². The van der Waals surface area contributed by atoms with E-state index >= 15 is 0 Å². The zero-order valence-corrected chi connectivity index (χ0v) is 14.3. The van der Waals surface area contributed by atoms with Crippen LogP contribution >= 0.6 is 0 Å². The first-order valence-corrected chi connectivity index (χ1v) is 8.34. The van der Waals surface area contributed by atoms with Crippen molar-refractivity contribution in [2.24, 2.45) is 0 Å². The maximum Gasteiger partial charge on any atom is 0.228 e. The van der Waals surface area contributed by atoms with Gasteiger partial charge in [-0.15, -0.1) is 0 Å². The molecule has 0 bridgehead atoms. The number of amides is 1. The number of aliphatic hydroxyl groups excluding tert-OH is 1. The molecule has 0 saturated carbocycles. The molecular formula is C21H20N2O3. The van der Waals surface area contributed by atoms with Crippen molar-refractivity contribution in [1.29, 1.82) is 0 Å². The van der Waals surface area contributed by atoms with Crippen LogP contribution in [0.15, 0.2) is 72.9 Å². The van der Waals surface area contributed by atoms with Crippen LogP contribution in [-0.2, 0) is 24.4 Å². The van der Waals surface area contributed by atoms with Crippen molar-refractivity contribution in [2.45, 2.75) is 19.6 Å². The molecule has 0 aliphatic rings. The second-order valence-corrected chi connectivity index (χ2v) is 5.84. The number of hydrogen-bond donors (Lipinski definition) is 2. The van der Waals surface area contributed by atoms with E-state index in [0.717, 1.165) is 22.6 Å². The van der Waals surface area contributed by atoms with E-state index in [1.54, 1.807) is 30.5 Å². The van der Waals surface area contributed by atoms with Crippen molar-refractivity contribution in [1.82, 2.24) is 4.98 Å². The van der Waals surface area contributed by atoms with Crippen molar-refractivity contribution < 1.29 is 14.6 Å². The second kappa shape index (κ2) is 8.78. The van der Waals surface area contributed by atoms with Crippen LogP contribution in [0.4, 0.5) is 5.69 Å². The lowest BCUT2D eigenvalue weighted by molar-refractivity contribution is -0.115. The molecule has 2 N–H and O–H groups in total. The zero-order chi connectivity index (χ0) is 18.2. The number of carbonyl (C=O) groups is 1. The van der Waals surface area contributed by atoms with Gasteiger partial charge in [0.25, 0.3) is 0 Å². The van der Waals surface area contributed by atoms with E-state index in [0.29, 0.717) is 12.3 Å². The highest BCUT2D eigenvalue weighted by atomic mass is 16.5. The minimum atomic E-state index is -0.109. The number of aromatic nitrogens is 1. The molecule has 0 aliphatic carbocycles. The van der Waals surface area contributed by atoms with Crippen molar-refractivity contribution in [3.63, 3.8) is 0 Å². The number of anilines is 1. The molecule has 0 spiro atoms. The quantitative estimate of drug-likeness (QED) is 0.687. The van der Waals surface area contributed by atoms with Gasteiger partial charge in [0.2, 0.25) is 5.91 Å². The number of hydrogen-bond acceptors (Lipinski definition) is 4. The summed E-state index contributed by atoms with van der Waals surface area (Å²) in [5.74, 6) is 0.623. The van der Waals surface area contributed by atoms with Gasteiger partial charge in [-0.25, -0.2) is 0 Å². The third kappa shape index (κ3) is 5.16. The Hall–Kier alpha value is -3.18. The Bertz CT molecular complexity index is 849. The molecular weight excluding hydrogens is 328 g/mol. The van der Waals surface area contributed by atoms with E-state index in [2.05, 4.69) is 10.3 Å². The Morgan fingerprint density at radius 3 is 2.58 bits per heavy atom. The van der Waals surface area contributed by atoms with Gasteiger partial charge in [0.1, 0.15) is 12.4 Å². The summed E-state index contributed by atoms with van der Waals surface area (Å²) in [5.41, 5.74) is 3.20. The normalized spacial score (nSPS) is 10.3. The minimum absolute atomic E-state index is 0.0519. The number of aliphatic hydroxyl groups is 1. The molecule has 1 aromatic heterocycles. The Morgan fingerprint density at radius 1 is 1.00 bits per heavy atom. The van der Waals surface area contributed by atoms with Crippen LogP contribution in [0.1, 0.15) is 16.8 Å². The van der Waals surface area contributed by atoms with Crippen molar-refractivity contribution >= 4 is 11.6 Å². The van der Waals surface area contributed by atoms with Gasteiger partial charge in [-0.05, 0) is 47.5 Å². The Kier molecular flexibility index (Phi) is 5.96. The summed E-state index contributed by atoms with van der Waals surface area (Å²) in [5, 5.41) is 12.0. The summed E-state index contributed by atoms with van der Waals surface area (Å²) in [6, 6.07) is 20.3. The molecule has 0 radical (unpaired) electrons. The first kappa shape index (κ1) is 17.6. The van der Waals surface area contributed by atoms with Gasteiger partial charge >= 0.3 is 0 Å². The molecule has 0 fully saturated rings. The highest BCUT2D eigenvalue weighted by molar-refractivity contribution is 5.92. The van der Waals surface area contributed by atoms with Gasteiger partial charge in [-0.3, -0.25) is 9.78 Å². The number of carbonyl (C=O) groups excluding carboxylic acids is 1. The summed E-state index contributed by atoms with van der Waals surface area (Å²) < 4.78 is 5.69. The fourth-order valence-electron chi connectivity index (χ4n) is 2.48. The molecule has 1 heterocycles. The summed E-state index contributed by atoms with van der Waals surface area (Å²) >= 11 is 0. The number of benzene rings is 2. The lowest BCUT2D eigenvalue weighted by Gasteiger charge is -2.08. The van der Waals surface area contributed by atoms with Crippen LogP contribution in [0.2, 0.25) is 0 Å². The first-order valence-electron chi connectivity index (χ1n) is 8.34. The van der Waals surface area contributed by atoms with Crippen LogP contribution in [0.5, 0.6) is 5.75 Å². The summed E-state index contributed by atoms with van der Waals surface area (Å²) in [7, 11) is 0. The predicted molar refractivity (Wildman–Crippen MR) is 99.7 cm³/mol. The maximum atomic E-state index is 12.2. The Balaban J connectivity index is 1.52. The minimum Gasteiger partial charge on any atom is -0.487 e. The molecule has 3 aromatic rings. The summed E-state index contributed by atoms with van der Waals surface area (Å²) in [6.45, 7) is 0.353. The fourth-order valence-corrected chi connectivity index (χ4v) is 2.48. The third-order valence-corrected chi connectivity index (χ3v) is 3.79. The van der Waals surface area contributed by atoms with Gasteiger partial charge in [0.05, 0.1) is 18.7 Å². The fraction of sp³-hybridized carbons (Fsp3) is 0.143. The lowest BCUT2D eigenvalue weighted by Crippen LogP contribution is -2.14. The number of nitrogens with zero attached hydrogens (tertiary/aromatic N) is 1. The molecule has 1 amide bonds. The molecule has 132 valence electrons. The number of rotatable bonds is 7. The van der Waals surface area contributed by atoms with Crippen LogP contribution < -0.4 is 10.1 Å². The van der Waals surface area contributed by atoms with Crippen LogP contribution in [-0.4, -0.2) is 16.0 Å². The summed E-state index contributed by atoms with van der Waals surface area (Å²) in [6.07, 6.45) is 2.00. The van der Waals surface area contributed by atoms with Gasteiger partial charge in [0, 0.05) is 11.9 Å². The largest absolute Gasteiger partial charge is 0.487 e. The highest BCUT2D eigenvalue weighted by Gasteiger charge is 2.05. The smallest absolute Gasteiger partial charge is 0.228 e. The SMILES string of the molecule is O=C(Cc1ccc(OCc2ccccn2)cc1)Nc1cccc(CO)c1. The average Bonchev–Trinajstić information content (AvgIpc) is 2.68. The van der Waals surface area contributed by atoms with Crippen LogP contribution in [0, 0.1) is 0 Å². The third-order valence-electron chi connectivity index (χ3n) is 3.79. The number of pyridine rings is 1. The Labute approximate surface area is 152 Å². The standard InChI is InChI=1S/C21H20N2O3/c24-14-17-4-3-6-18(12-17)23-21(25)13-16-7-9-20(10-8-16)26-15-19-5-1-2-11-22-19/h1-12,24H,13-15H2,(H,23,25). The molecule has 5 nitrogen and oxygen atoms in total. The molecule has 5 heteroatoms. The molecule has 0 saturated heterocycles. The van der Waals surface area contributed by atoms with Crippen molar-refractivity contribution in [2.75, 3.05) is 5.32 Å². The molecule has 26 heavy (non-hydrogen) atoms. The number of nitrogens with one attached hydrogen (secondary N) is 1. The number of ether oxygens (including phenoxy) is 1. The predicted octanol–water partition coefficient (Wildman–Crippen LogP) is 3.33. The van der Waals surface area contributed by atoms with Gasteiger partial charge in [-0.2, -0.15) is 0 Å². The molecule has 0 aliphatic heterocycles. The Morgan fingerprint density at radius 2 is 1.85 bits per heavy atom. The first-order chi connectivity index (χ1) is 12.7. The van der Waals surface area contributed by atoms with E-state index in [4.69, 9.17) is 9.84 Å². The van der Waals surface area contributed by atoms with E-state index < -0.39 is 0 Å². The average molecular weight is 348 g/mol. The molecule has 3 rings (SSSR count). The van der Waals surface area contributed by atoms with E-state index in [1.165, 1.54) is 0 Å². The summed E-state index contributed by atoms with van der Waals surface area (Å²) in [4.78, 5) is 16.4. The van der Waals surface area contributed by atoms with E-state index in [9.17, 15) is 4.79 Å². The zero-order valence-electron chi connectivity index (χ0n) is 14.3. The topological polar surface area (TPSA) is 71.5 Å². The van der Waals surface area contributed by atoms with E-state index in [1.807, 2.05) is 42.5 Å². The van der Waals surface area contributed by atoms with Crippen molar-refractivity contribution in [3.05, 3.63) is 89.7 Å². The highest BCUT2D eigenvalue weighted by Crippen LogP contribution is 2.15. The maximum absolute atomic E-state index is 12.2. The molecule has 2 aromatic carbocycles.